The molecule has 118 valence electrons. The first kappa shape index (κ1) is 16.8. The molecule has 0 bridgehead atoms. The fourth-order valence-electron chi connectivity index (χ4n) is 1.85. The van der Waals surface area contributed by atoms with Crippen LogP contribution in [0.4, 0.5) is 0 Å². The molecule has 0 fully saturated rings. The molecular weight excluding hydrogens is 368 g/mol. The summed E-state index contributed by atoms with van der Waals surface area (Å²) in [6, 6.07) is 3.80. The first-order valence-corrected chi connectivity index (χ1v) is 8.63. The first-order valence-electron chi connectivity index (χ1n) is 6.61. The van der Waals surface area contributed by atoms with Gasteiger partial charge in [-0.1, -0.05) is 11.8 Å². The van der Waals surface area contributed by atoms with Gasteiger partial charge in [-0.25, -0.2) is 0 Å². The van der Waals surface area contributed by atoms with Crippen molar-refractivity contribution in [2.75, 3.05) is 20.0 Å². The van der Waals surface area contributed by atoms with Gasteiger partial charge in [0.15, 0.2) is 17.3 Å². The van der Waals surface area contributed by atoms with Crippen molar-refractivity contribution in [2.24, 2.45) is 5.10 Å². The Morgan fingerprint density at radius 2 is 2.18 bits per heavy atom. The van der Waals surface area contributed by atoms with Gasteiger partial charge in [0.2, 0.25) is 5.16 Å². The van der Waals surface area contributed by atoms with Crippen LogP contribution in [0.2, 0.25) is 0 Å². The standard InChI is InChI=1S/C14H17BrN4O2S/c1-5-21-12-7-10(6-11(15)13(12)20-3)8-16-19-9(2)17-18-14(19)22-4/h6-8H,5H2,1-4H3/b16-8-. The van der Waals surface area contributed by atoms with Crippen molar-refractivity contribution in [1.82, 2.24) is 14.9 Å². The summed E-state index contributed by atoms with van der Waals surface area (Å²) in [4.78, 5) is 0. The molecule has 0 aliphatic heterocycles. The summed E-state index contributed by atoms with van der Waals surface area (Å²) in [6.45, 7) is 4.35. The Balaban J connectivity index is 2.37. The van der Waals surface area contributed by atoms with Crippen LogP contribution in [0.15, 0.2) is 26.9 Å². The second kappa shape index (κ2) is 7.64. The maximum atomic E-state index is 5.60. The van der Waals surface area contributed by atoms with Gasteiger partial charge in [0.05, 0.1) is 24.4 Å². The lowest BCUT2D eigenvalue weighted by Gasteiger charge is -2.11. The molecule has 0 unspecified atom stereocenters. The van der Waals surface area contributed by atoms with Gasteiger partial charge in [0, 0.05) is 0 Å². The molecule has 1 aromatic carbocycles. The Labute approximate surface area is 142 Å². The quantitative estimate of drug-likeness (QED) is 0.564. The zero-order chi connectivity index (χ0) is 16.1. The lowest BCUT2D eigenvalue weighted by Crippen LogP contribution is -1.99. The highest BCUT2D eigenvalue weighted by Gasteiger charge is 2.11. The van der Waals surface area contributed by atoms with E-state index in [1.165, 1.54) is 11.8 Å². The van der Waals surface area contributed by atoms with Crippen LogP contribution in [0.25, 0.3) is 0 Å². The summed E-state index contributed by atoms with van der Waals surface area (Å²) in [5.74, 6) is 2.08. The van der Waals surface area contributed by atoms with Gasteiger partial charge in [-0.3, -0.25) is 0 Å². The van der Waals surface area contributed by atoms with E-state index in [1.807, 2.05) is 32.2 Å². The van der Waals surface area contributed by atoms with Crippen molar-refractivity contribution in [3.8, 4) is 11.5 Å². The first-order chi connectivity index (χ1) is 10.6. The Kier molecular flexibility index (Phi) is 5.84. The fourth-order valence-corrected chi connectivity index (χ4v) is 2.94. The normalized spacial score (nSPS) is 11.1. The number of aryl methyl sites for hydroxylation is 1. The van der Waals surface area contributed by atoms with Crippen molar-refractivity contribution in [2.45, 2.75) is 19.0 Å². The molecule has 0 amide bonds. The third kappa shape index (κ3) is 3.61. The van der Waals surface area contributed by atoms with E-state index in [4.69, 9.17) is 9.47 Å². The van der Waals surface area contributed by atoms with Gasteiger partial charge in [0.1, 0.15) is 0 Å². The number of hydrogen-bond acceptors (Lipinski definition) is 6. The molecular formula is C14H17BrN4O2S. The molecule has 22 heavy (non-hydrogen) atoms. The minimum atomic E-state index is 0.560. The summed E-state index contributed by atoms with van der Waals surface area (Å²) in [7, 11) is 1.61. The van der Waals surface area contributed by atoms with E-state index in [0.717, 1.165) is 21.0 Å². The molecule has 1 heterocycles. The van der Waals surface area contributed by atoms with Gasteiger partial charge in [-0.2, -0.15) is 9.78 Å². The van der Waals surface area contributed by atoms with Crippen LogP contribution in [0.3, 0.4) is 0 Å². The van der Waals surface area contributed by atoms with E-state index in [-0.39, 0.29) is 0 Å². The summed E-state index contributed by atoms with van der Waals surface area (Å²) < 4.78 is 13.5. The highest BCUT2D eigenvalue weighted by atomic mass is 79.9. The molecule has 2 aromatic rings. The van der Waals surface area contributed by atoms with Crippen molar-refractivity contribution in [1.29, 1.82) is 0 Å². The van der Waals surface area contributed by atoms with Crippen molar-refractivity contribution in [3.05, 3.63) is 28.0 Å². The minimum absolute atomic E-state index is 0.560. The van der Waals surface area contributed by atoms with Gasteiger partial charge < -0.3 is 9.47 Å². The molecule has 0 radical (unpaired) electrons. The van der Waals surface area contributed by atoms with Crippen LogP contribution < -0.4 is 9.47 Å². The van der Waals surface area contributed by atoms with Crippen LogP contribution in [0.5, 0.6) is 11.5 Å². The molecule has 2 rings (SSSR count). The average molecular weight is 385 g/mol. The monoisotopic (exact) mass is 384 g/mol. The lowest BCUT2D eigenvalue weighted by atomic mass is 10.2. The van der Waals surface area contributed by atoms with Crippen LogP contribution >= 0.6 is 27.7 Å². The highest BCUT2D eigenvalue weighted by molar-refractivity contribution is 9.10. The lowest BCUT2D eigenvalue weighted by molar-refractivity contribution is 0.310. The van der Waals surface area contributed by atoms with E-state index < -0.39 is 0 Å². The number of hydrogen-bond donors (Lipinski definition) is 0. The predicted octanol–water partition coefficient (Wildman–Crippen LogP) is 3.36. The van der Waals surface area contributed by atoms with Crippen LogP contribution in [-0.2, 0) is 0 Å². The maximum Gasteiger partial charge on any atom is 0.211 e. The van der Waals surface area contributed by atoms with E-state index in [9.17, 15) is 0 Å². The van der Waals surface area contributed by atoms with E-state index in [0.29, 0.717) is 18.1 Å². The largest absolute Gasteiger partial charge is 0.492 e. The van der Waals surface area contributed by atoms with Gasteiger partial charge in [-0.15, -0.1) is 10.2 Å². The molecule has 8 heteroatoms. The molecule has 0 spiro atoms. The van der Waals surface area contributed by atoms with Crippen molar-refractivity contribution in [3.63, 3.8) is 0 Å². The number of halogens is 1. The fraction of sp³-hybridized carbons (Fsp3) is 0.357. The van der Waals surface area contributed by atoms with E-state index in [2.05, 4.69) is 31.2 Å². The number of benzene rings is 1. The topological polar surface area (TPSA) is 61.5 Å². The van der Waals surface area contributed by atoms with Crippen LogP contribution in [0, 0.1) is 6.92 Å². The molecule has 0 aliphatic carbocycles. The summed E-state index contributed by atoms with van der Waals surface area (Å²) in [6.07, 6.45) is 3.68. The number of methoxy groups -OCH3 is 1. The van der Waals surface area contributed by atoms with Gasteiger partial charge in [-0.05, 0) is 53.7 Å². The SMILES string of the molecule is CCOc1cc(/C=N\n2c(C)nnc2SC)cc(Br)c1OC. The minimum Gasteiger partial charge on any atom is -0.492 e. The van der Waals surface area contributed by atoms with Crippen LogP contribution in [-0.4, -0.2) is 41.1 Å². The summed E-state index contributed by atoms with van der Waals surface area (Å²) >= 11 is 4.98. The molecule has 6 nitrogen and oxygen atoms in total. The second-order valence-electron chi connectivity index (χ2n) is 4.26. The molecule has 1 aromatic heterocycles. The molecule has 0 N–H and O–H groups in total. The van der Waals surface area contributed by atoms with E-state index >= 15 is 0 Å². The van der Waals surface area contributed by atoms with Crippen molar-refractivity contribution >= 4 is 33.9 Å². The number of thioether (sulfide) groups is 1. The Hall–Kier alpha value is -1.54. The van der Waals surface area contributed by atoms with Gasteiger partial charge in [0.25, 0.3) is 0 Å². The third-order valence-corrected chi connectivity index (χ3v) is 4.02. The third-order valence-electron chi connectivity index (χ3n) is 2.81. The highest BCUT2D eigenvalue weighted by Crippen LogP contribution is 2.36. The number of rotatable bonds is 6. The molecule has 0 saturated carbocycles. The zero-order valence-corrected chi connectivity index (χ0v) is 15.2. The number of ether oxygens (including phenoxy) is 2. The summed E-state index contributed by atoms with van der Waals surface area (Å²) in [5.41, 5.74) is 0.885. The zero-order valence-electron chi connectivity index (χ0n) is 12.8. The maximum absolute atomic E-state index is 5.60. The second-order valence-corrected chi connectivity index (χ2v) is 5.89. The Morgan fingerprint density at radius 1 is 1.41 bits per heavy atom. The average Bonchev–Trinajstić information content (AvgIpc) is 2.85. The Bertz CT molecular complexity index is 688. The predicted molar refractivity (Wildman–Crippen MR) is 91.4 cm³/mol. The number of aromatic nitrogens is 3. The number of nitrogens with zero attached hydrogens (tertiary/aromatic N) is 4. The van der Waals surface area contributed by atoms with Crippen molar-refractivity contribution < 1.29 is 9.47 Å². The van der Waals surface area contributed by atoms with Crippen LogP contribution in [0.1, 0.15) is 18.3 Å². The molecule has 0 saturated heterocycles. The van der Waals surface area contributed by atoms with Gasteiger partial charge >= 0.3 is 0 Å². The molecule has 0 aliphatic rings. The smallest absolute Gasteiger partial charge is 0.211 e. The summed E-state index contributed by atoms with van der Waals surface area (Å²) in [5, 5.41) is 13.2. The Morgan fingerprint density at radius 3 is 2.82 bits per heavy atom. The van der Waals surface area contributed by atoms with E-state index in [1.54, 1.807) is 18.0 Å². The molecule has 0 atom stereocenters.